The Morgan fingerprint density at radius 1 is 1.60 bits per heavy atom. The van der Waals surface area contributed by atoms with Crippen LogP contribution in [0.1, 0.15) is 25.1 Å². The Kier molecular flexibility index (Phi) is 2.70. The first-order chi connectivity index (χ1) is 6.98. The SMILES string of the molecule is CC1OCCC1c1nc(S(=O)(=O)Cl)n[nH]1. The van der Waals surface area contributed by atoms with Gasteiger partial charge in [-0.15, -0.1) is 5.10 Å². The summed E-state index contributed by atoms with van der Waals surface area (Å²) >= 11 is 0. The van der Waals surface area contributed by atoms with E-state index in [0.29, 0.717) is 12.4 Å². The number of ether oxygens (including phenoxy) is 1. The molecule has 0 saturated carbocycles. The molecule has 1 aromatic rings. The number of rotatable bonds is 2. The minimum atomic E-state index is -3.85. The average molecular weight is 252 g/mol. The highest BCUT2D eigenvalue weighted by Crippen LogP contribution is 2.29. The zero-order valence-corrected chi connectivity index (χ0v) is 9.55. The first kappa shape index (κ1) is 10.8. The van der Waals surface area contributed by atoms with E-state index in [4.69, 9.17) is 15.4 Å². The van der Waals surface area contributed by atoms with Crippen LogP contribution in [0.25, 0.3) is 0 Å². The number of halogens is 1. The van der Waals surface area contributed by atoms with E-state index in [1.807, 2.05) is 6.92 Å². The number of H-pyrrole nitrogens is 1. The summed E-state index contributed by atoms with van der Waals surface area (Å²) in [4.78, 5) is 3.85. The van der Waals surface area contributed by atoms with Gasteiger partial charge in [0.2, 0.25) is 0 Å². The van der Waals surface area contributed by atoms with Gasteiger partial charge in [-0.1, -0.05) is 0 Å². The quantitative estimate of drug-likeness (QED) is 0.779. The molecule has 1 aliphatic heterocycles. The van der Waals surface area contributed by atoms with Gasteiger partial charge in [0.1, 0.15) is 5.82 Å². The van der Waals surface area contributed by atoms with Crippen LogP contribution in [0.5, 0.6) is 0 Å². The monoisotopic (exact) mass is 251 g/mol. The summed E-state index contributed by atoms with van der Waals surface area (Å²) in [6, 6.07) is 0. The molecule has 0 radical (unpaired) electrons. The number of hydrogen-bond acceptors (Lipinski definition) is 5. The standard InChI is InChI=1S/C7H10ClN3O3S/c1-4-5(2-3-14-4)6-9-7(11-10-6)15(8,12)13/h4-5H,2-3H2,1H3,(H,9,10,11). The first-order valence-electron chi connectivity index (χ1n) is 4.47. The van der Waals surface area contributed by atoms with Gasteiger partial charge in [-0.05, 0) is 13.3 Å². The third-order valence-corrected chi connectivity index (χ3v) is 3.46. The molecule has 1 N–H and O–H groups in total. The predicted octanol–water partition coefficient (Wildman–Crippen LogP) is 0.625. The van der Waals surface area contributed by atoms with Gasteiger partial charge in [-0.2, -0.15) is 0 Å². The Labute approximate surface area is 91.4 Å². The Bertz CT molecular complexity index is 458. The highest BCUT2D eigenvalue weighted by molar-refractivity contribution is 8.13. The van der Waals surface area contributed by atoms with Crippen molar-refractivity contribution in [3.8, 4) is 0 Å². The van der Waals surface area contributed by atoms with E-state index in [1.54, 1.807) is 0 Å². The number of aromatic amines is 1. The third-order valence-electron chi connectivity index (χ3n) is 2.43. The minimum absolute atomic E-state index is 0.0174. The van der Waals surface area contributed by atoms with Crippen LogP contribution in [-0.2, 0) is 13.8 Å². The molecule has 6 nitrogen and oxygen atoms in total. The molecule has 1 aliphatic rings. The summed E-state index contributed by atoms with van der Waals surface area (Å²) < 4.78 is 27.2. The smallest absolute Gasteiger partial charge is 0.298 e. The van der Waals surface area contributed by atoms with Gasteiger partial charge < -0.3 is 4.74 Å². The van der Waals surface area contributed by atoms with E-state index in [9.17, 15) is 8.42 Å². The van der Waals surface area contributed by atoms with Crippen LogP contribution < -0.4 is 0 Å². The average Bonchev–Trinajstić information content (AvgIpc) is 2.69. The topological polar surface area (TPSA) is 84.9 Å². The van der Waals surface area contributed by atoms with Crippen LogP contribution >= 0.6 is 10.7 Å². The molecule has 84 valence electrons. The lowest BCUT2D eigenvalue weighted by Gasteiger charge is -2.09. The minimum Gasteiger partial charge on any atom is -0.378 e. The van der Waals surface area contributed by atoms with Crippen molar-refractivity contribution in [2.75, 3.05) is 6.61 Å². The normalized spacial score (nSPS) is 27.1. The molecule has 1 saturated heterocycles. The van der Waals surface area contributed by atoms with Gasteiger partial charge >= 0.3 is 0 Å². The molecule has 0 aliphatic carbocycles. The summed E-state index contributed by atoms with van der Waals surface area (Å²) in [5.41, 5.74) is 0. The fourth-order valence-electron chi connectivity index (χ4n) is 1.62. The molecular formula is C7H10ClN3O3S. The Balaban J connectivity index is 2.28. The lowest BCUT2D eigenvalue weighted by molar-refractivity contribution is 0.117. The molecule has 0 spiro atoms. The van der Waals surface area contributed by atoms with Gasteiger partial charge in [0.25, 0.3) is 14.2 Å². The van der Waals surface area contributed by atoms with E-state index in [-0.39, 0.29) is 17.2 Å². The number of hydrogen-bond donors (Lipinski definition) is 1. The Hall–Kier alpha value is -0.660. The second kappa shape index (κ2) is 3.73. The summed E-state index contributed by atoms with van der Waals surface area (Å²) in [7, 11) is 1.26. The zero-order chi connectivity index (χ0) is 11.1. The molecule has 2 rings (SSSR count). The van der Waals surface area contributed by atoms with Gasteiger partial charge in [0.05, 0.1) is 6.10 Å². The van der Waals surface area contributed by atoms with Gasteiger partial charge in [-0.25, -0.2) is 13.4 Å². The summed E-state index contributed by atoms with van der Waals surface area (Å²) in [5, 5.41) is 5.76. The first-order valence-corrected chi connectivity index (χ1v) is 6.78. The maximum Gasteiger partial charge on any atom is 0.298 e. The van der Waals surface area contributed by atoms with E-state index in [0.717, 1.165) is 6.42 Å². The third kappa shape index (κ3) is 2.14. The molecule has 8 heteroatoms. The molecular weight excluding hydrogens is 242 g/mol. The summed E-state index contributed by atoms with van der Waals surface area (Å²) in [6.45, 7) is 2.56. The molecule has 15 heavy (non-hydrogen) atoms. The second-order valence-corrected chi connectivity index (χ2v) is 5.87. The fourth-order valence-corrected chi connectivity index (χ4v) is 2.19. The lowest BCUT2D eigenvalue weighted by atomic mass is 10.0. The summed E-state index contributed by atoms with van der Waals surface area (Å²) in [6.07, 6.45) is 0.821. The number of aromatic nitrogens is 3. The van der Waals surface area contributed by atoms with Crippen LogP contribution in [0, 0.1) is 0 Å². The van der Waals surface area contributed by atoms with E-state index >= 15 is 0 Å². The largest absolute Gasteiger partial charge is 0.378 e. The van der Waals surface area contributed by atoms with Crippen molar-refractivity contribution in [2.45, 2.75) is 30.5 Å². The van der Waals surface area contributed by atoms with Gasteiger partial charge in [-0.3, -0.25) is 5.10 Å². The zero-order valence-electron chi connectivity index (χ0n) is 7.97. The van der Waals surface area contributed by atoms with Crippen molar-refractivity contribution < 1.29 is 13.2 Å². The van der Waals surface area contributed by atoms with Crippen molar-refractivity contribution in [3.63, 3.8) is 0 Å². The second-order valence-electron chi connectivity index (χ2n) is 3.41. The molecule has 0 amide bonds. The van der Waals surface area contributed by atoms with Crippen molar-refractivity contribution in [1.82, 2.24) is 15.2 Å². The van der Waals surface area contributed by atoms with E-state index in [1.165, 1.54) is 0 Å². The fraction of sp³-hybridized carbons (Fsp3) is 0.714. The van der Waals surface area contributed by atoms with Gasteiger partial charge in [0, 0.05) is 23.2 Å². The van der Waals surface area contributed by atoms with Crippen LogP contribution in [0.3, 0.4) is 0 Å². The number of nitrogens with one attached hydrogen (secondary N) is 1. The van der Waals surface area contributed by atoms with E-state index in [2.05, 4.69) is 15.2 Å². The molecule has 2 atom stereocenters. The Morgan fingerprint density at radius 2 is 2.33 bits per heavy atom. The maximum atomic E-state index is 10.9. The Morgan fingerprint density at radius 3 is 2.80 bits per heavy atom. The van der Waals surface area contributed by atoms with Crippen molar-refractivity contribution in [3.05, 3.63) is 5.82 Å². The van der Waals surface area contributed by atoms with Crippen molar-refractivity contribution in [1.29, 1.82) is 0 Å². The molecule has 2 unspecified atom stereocenters. The van der Waals surface area contributed by atoms with Crippen LogP contribution in [-0.4, -0.2) is 36.3 Å². The molecule has 1 aromatic heterocycles. The molecule has 0 bridgehead atoms. The van der Waals surface area contributed by atoms with Crippen LogP contribution in [0.2, 0.25) is 0 Å². The van der Waals surface area contributed by atoms with Crippen LogP contribution in [0.4, 0.5) is 0 Å². The lowest BCUT2D eigenvalue weighted by Crippen LogP contribution is -2.10. The van der Waals surface area contributed by atoms with Crippen molar-refractivity contribution in [2.24, 2.45) is 0 Å². The van der Waals surface area contributed by atoms with Gasteiger partial charge in [0.15, 0.2) is 0 Å². The molecule has 0 aromatic carbocycles. The predicted molar refractivity (Wildman–Crippen MR) is 52.2 cm³/mol. The highest BCUT2D eigenvalue weighted by atomic mass is 35.7. The van der Waals surface area contributed by atoms with Crippen LogP contribution in [0.15, 0.2) is 5.16 Å². The highest BCUT2D eigenvalue weighted by Gasteiger charge is 2.30. The molecule has 2 heterocycles. The van der Waals surface area contributed by atoms with E-state index < -0.39 is 9.05 Å². The maximum absolute atomic E-state index is 10.9. The summed E-state index contributed by atoms with van der Waals surface area (Å²) in [5.74, 6) is 0.573. The van der Waals surface area contributed by atoms with Crippen molar-refractivity contribution >= 4 is 19.7 Å². The number of nitrogens with zero attached hydrogens (tertiary/aromatic N) is 2. The molecule has 1 fully saturated rings.